The van der Waals surface area contributed by atoms with Crippen molar-refractivity contribution in [3.63, 3.8) is 0 Å². The van der Waals surface area contributed by atoms with Gasteiger partial charge in [-0.3, -0.25) is 9.59 Å². The Labute approximate surface area is 121 Å². The zero-order valence-electron chi connectivity index (χ0n) is 12.3. The van der Waals surface area contributed by atoms with E-state index < -0.39 is 0 Å². The van der Waals surface area contributed by atoms with Crippen molar-refractivity contribution in [2.24, 2.45) is 5.92 Å². The molecule has 5 nitrogen and oxygen atoms in total. The second-order valence-electron chi connectivity index (χ2n) is 5.98. The van der Waals surface area contributed by atoms with Crippen LogP contribution in [0.3, 0.4) is 0 Å². The van der Waals surface area contributed by atoms with E-state index in [-0.39, 0.29) is 18.4 Å². The molecule has 1 atom stereocenters. The summed E-state index contributed by atoms with van der Waals surface area (Å²) in [5, 5.41) is 6.28. The zero-order valence-corrected chi connectivity index (χ0v) is 12.3. The summed E-state index contributed by atoms with van der Waals surface area (Å²) in [6.45, 7) is 3.87. The number of nitrogens with one attached hydrogen (secondary N) is 2. The summed E-state index contributed by atoms with van der Waals surface area (Å²) in [5.74, 6) is 0.823. The first kappa shape index (κ1) is 15.3. The van der Waals surface area contributed by atoms with Crippen molar-refractivity contribution in [3.8, 4) is 0 Å². The number of rotatable bonds is 5. The van der Waals surface area contributed by atoms with Crippen molar-refractivity contribution in [3.05, 3.63) is 0 Å². The van der Waals surface area contributed by atoms with Gasteiger partial charge in [0.25, 0.3) is 0 Å². The van der Waals surface area contributed by atoms with Crippen LogP contribution in [0.2, 0.25) is 0 Å². The van der Waals surface area contributed by atoms with Gasteiger partial charge < -0.3 is 15.5 Å². The molecule has 0 spiro atoms. The van der Waals surface area contributed by atoms with Crippen molar-refractivity contribution < 1.29 is 9.59 Å². The lowest BCUT2D eigenvalue weighted by atomic mass is 10.1. The number of hydrogen-bond acceptors (Lipinski definition) is 3. The maximum absolute atomic E-state index is 11.9. The molecule has 114 valence electrons. The number of nitrogens with zero attached hydrogens (tertiary/aromatic N) is 1. The fourth-order valence-electron chi connectivity index (χ4n) is 2.99. The number of hydrogen-bond donors (Lipinski definition) is 2. The molecule has 1 unspecified atom stereocenters. The lowest BCUT2D eigenvalue weighted by Gasteiger charge is -2.24. The van der Waals surface area contributed by atoms with E-state index in [1.54, 1.807) is 4.90 Å². The van der Waals surface area contributed by atoms with Gasteiger partial charge in [-0.1, -0.05) is 12.8 Å². The van der Waals surface area contributed by atoms with Gasteiger partial charge in [-0.15, -0.1) is 0 Å². The molecule has 2 heterocycles. The van der Waals surface area contributed by atoms with Gasteiger partial charge in [-0.25, -0.2) is 0 Å². The lowest BCUT2D eigenvalue weighted by molar-refractivity contribution is -0.136. The van der Waals surface area contributed by atoms with Crippen LogP contribution in [0.15, 0.2) is 0 Å². The third-order valence-corrected chi connectivity index (χ3v) is 4.29. The summed E-state index contributed by atoms with van der Waals surface area (Å²) in [4.78, 5) is 25.6. The SMILES string of the molecule is O=C(CN1CCCCCCC1=O)NCCC1CCNC1. The van der Waals surface area contributed by atoms with E-state index in [1.807, 2.05) is 0 Å². The molecule has 5 heteroatoms. The quantitative estimate of drug-likeness (QED) is 0.787. The van der Waals surface area contributed by atoms with Crippen LogP contribution in [-0.2, 0) is 9.59 Å². The van der Waals surface area contributed by atoms with E-state index in [0.717, 1.165) is 51.9 Å². The molecule has 20 heavy (non-hydrogen) atoms. The van der Waals surface area contributed by atoms with Crippen LogP contribution >= 0.6 is 0 Å². The van der Waals surface area contributed by atoms with Crippen LogP contribution in [0.25, 0.3) is 0 Å². The monoisotopic (exact) mass is 281 g/mol. The van der Waals surface area contributed by atoms with Crippen LogP contribution in [0.4, 0.5) is 0 Å². The molecule has 2 amide bonds. The van der Waals surface area contributed by atoms with Crippen molar-refractivity contribution in [2.45, 2.75) is 44.9 Å². The highest BCUT2D eigenvalue weighted by molar-refractivity contribution is 5.84. The smallest absolute Gasteiger partial charge is 0.239 e. The predicted octanol–water partition coefficient (Wildman–Crippen LogP) is 0.895. The number of likely N-dealkylation sites (tertiary alicyclic amines) is 1. The highest BCUT2D eigenvalue weighted by Crippen LogP contribution is 2.12. The largest absolute Gasteiger partial charge is 0.355 e. The molecule has 0 aromatic heterocycles. The lowest BCUT2D eigenvalue weighted by Crippen LogP contribution is -2.42. The van der Waals surface area contributed by atoms with Crippen molar-refractivity contribution in [1.29, 1.82) is 0 Å². The summed E-state index contributed by atoms with van der Waals surface area (Å²) in [7, 11) is 0. The van der Waals surface area contributed by atoms with E-state index >= 15 is 0 Å². The standard InChI is InChI=1S/C15H27N3O2/c19-14(17-9-7-13-6-8-16-11-13)12-18-10-4-2-1-3-5-15(18)20/h13,16H,1-12H2,(H,17,19). The Hall–Kier alpha value is -1.10. The second-order valence-corrected chi connectivity index (χ2v) is 5.98. The Morgan fingerprint density at radius 3 is 2.95 bits per heavy atom. The zero-order chi connectivity index (χ0) is 14.2. The topological polar surface area (TPSA) is 61.4 Å². The molecular weight excluding hydrogens is 254 g/mol. The van der Waals surface area contributed by atoms with E-state index in [9.17, 15) is 9.59 Å². The number of carbonyl (C=O) groups is 2. The molecule has 2 aliphatic rings. The molecule has 2 N–H and O–H groups in total. The Kier molecular flexibility index (Phi) is 6.30. The predicted molar refractivity (Wildman–Crippen MR) is 78.3 cm³/mol. The average Bonchev–Trinajstić information content (AvgIpc) is 2.92. The minimum absolute atomic E-state index is 0.00937. The number of carbonyl (C=O) groups excluding carboxylic acids is 2. The van der Waals surface area contributed by atoms with Gasteiger partial charge in [0.15, 0.2) is 0 Å². The molecule has 2 fully saturated rings. The van der Waals surface area contributed by atoms with Gasteiger partial charge in [0.2, 0.25) is 11.8 Å². The summed E-state index contributed by atoms with van der Waals surface area (Å²) in [6.07, 6.45) is 7.13. The van der Waals surface area contributed by atoms with E-state index in [1.165, 1.54) is 12.8 Å². The van der Waals surface area contributed by atoms with Crippen molar-refractivity contribution >= 4 is 11.8 Å². The molecule has 0 aromatic carbocycles. The highest BCUT2D eigenvalue weighted by Gasteiger charge is 2.19. The Balaban J connectivity index is 1.65. The molecule has 2 rings (SSSR count). The third-order valence-electron chi connectivity index (χ3n) is 4.29. The van der Waals surface area contributed by atoms with Crippen LogP contribution in [0.1, 0.15) is 44.9 Å². The fraction of sp³-hybridized carbons (Fsp3) is 0.867. The highest BCUT2D eigenvalue weighted by atomic mass is 16.2. The van der Waals surface area contributed by atoms with Crippen LogP contribution in [0.5, 0.6) is 0 Å². The molecular formula is C15H27N3O2. The molecule has 2 saturated heterocycles. The molecule has 0 aliphatic carbocycles. The van der Waals surface area contributed by atoms with Crippen LogP contribution < -0.4 is 10.6 Å². The molecule has 0 radical (unpaired) electrons. The molecule has 2 aliphatic heterocycles. The Bertz CT molecular complexity index is 327. The van der Waals surface area contributed by atoms with Gasteiger partial charge in [0.05, 0.1) is 6.54 Å². The van der Waals surface area contributed by atoms with Crippen molar-refractivity contribution in [1.82, 2.24) is 15.5 Å². The first-order chi connectivity index (χ1) is 9.75. The maximum atomic E-state index is 11.9. The molecule has 0 bridgehead atoms. The number of amides is 2. The first-order valence-electron chi connectivity index (χ1n) is 8.01. The van der Waals surface area contributed by atoms with Gasteiger partial charge in [-0.05, 0) is 44.7 Å². The molecule has 0 aromatic rings. The third kappa shape index (κ3) is 5.12. The summed E-state index contributed by atoms with van der Waals surface area (Å²) >= 11 is 0. The van der Waals surface area contributed by atoms with E-state index in [4.69, 9.17) is 0 Å². The Morgan fingerprint density at radius 1 is 1.30 bits per heavy atom. The second kappa shape index (κ2) is 8.25. The normalized spacial score (nSPS) is 24.3. The van der Waals surface area contributed by atoms with Gasteiger partial charge in [-0.2, -0.15) is 0 Å². The minimum Gasteiger partial charge on any atom is -0.355 e. The van der Waals surface area contributed by atoms with Crippen LogP contribution in [-0.4, -0.2) is 49.4 Å². The van der Waals surface area contributed by atoms with Crippen molar-refractivity contribution in [2.75, 3.05) is 32.7 Å². The van der Waals surface area contributed by atoms with Crippen LogP contribution in [0, 0.1) is 5.92 Å². The molecule has 0 saturated carbocycles. The van der Waals surface area contributed by atoms with Gasteiger partial charge >= 0.3 is 0 Å². The minimum atomic E-state index is -0.00937. The summed E-state index contributed by atoms with van der Waals surface area (Å²) < 4.78 is 0. The van der Waals surface area contributed by atoms with E-state index in [2.05, 4.69) is 10.6 Å². The van der Waals surface area contributed by atoms with Gasteiger partial charge in [0, 0.05) is 19.5 Å². The first-order valence-corrected chi connectivity index (χ1v) is 8.01. The maximum Gasteiger partial charge on any atom is 0.239 e. The summed E-state index contributed by atoms with van der Waals surface area (Å²) in [6, 6.07) is 0. The van der Waals surface area contributed by atoms with Gasteiger partial charge in [0.1, 0.15) is 0 Å². The fourth-order valence-corrected chi connectivity index (χ4v) is 2.99. The van der Waals surface area contributed by atoms with E-state index in [0.29, 0.717) is 12.3 Å². The summed E-state index contributed by atoms with van der Waals surface area (Å²) in [5.41, 5.74) is 0. The Morgan fingerprint density at radius 2 is 2.15 bits per heavy atom. The average molecular weight is 281 g/mol.